The van der Waals surface area contributed by atoms with Gasteiger partial charge in [-0.3, -0.25) is 9.59 Å². The van der Waals surface area contributed by atoms with Crippen LogP contribution in [0.2, 0.25) is 0 Å². The van der Waals surface area contributed by atoms with Crippen LogP contribution >= 0.6 is 0 Å². The topological polar surface area (TPSA) is 72.9 Å². The zero-order chi connectivity index (χ0) is 17.6. The highest BCUT2D eigenvalue weighted by Gasteiger charge is 2.51. The Hall–Kier alpha value is -2.37. The average Bonchev–Trinajstić information content (AvgIpc) is 3.43. The van der Waals surface area contributed by atoms with Crippen molar-refractivity contribution in [3.05, 3.63) is 29.3 Å². The quantitative estimate of drug-likeness (QED) is 0.772. The van der Waals surface area contributed by atoms with Crippen molar-refractivity contribution >= 4 is 17.7 Å². The van der Waals surface area contributed by atoms with Crippen molar-refractivity contribution in [2.75, 3.05) is 19.7 Å². The smallest absolute Gasteiger partial charge is 0.409 e. The Bertz CT molecular complexity index is 744. The first kappa shape index (κ1) is 16.1. The Balaban J connectivity index is 1.47. The fourth-order valence-corrected chi connectivity index (χ4v) is 3.43. The van der Waals surface area contributed by atoms with Crippen LogP contribution in [-0.2, 0) is 9.53 Å². The highest BCUT2D eigenvalue weighted by Crippen LogP contribution is 2.38. The SMILES string of the molecule is Cc1ccc2c(c1)OC1(CCN(C(=O)OCC3CC3)CC1)C(=O)C2=O. The minimum atomic E-state index is -1.15. The van der Waals surface area contributed by atoms with Crippen molar-refractivity contribution in [1.82, 2.24) is 4.90 Å². The molecule has 1 aromatic rings. The predicted molar refractivity (Wildman–Crippen MR) is 88.8 cm³/mol. The largest absolute Gasteiger partial charge is 0.478 e. The number of ether oxygens (including phenoxy) is 2. The normalized spacial score (nSPS) is 21.7. The number of likely N-dealkylation sites (tertiary alicyclic amines) is 1. The molecule has 2 aliphatic heterocycles. The minimum absolute atomic E-state index is 0.309. The Morgan fingerprint density at radius 3 is 2.68 bits per heavy atom. The summed E-state index contributed by atoms with van der Waals surface area (Å²) in [7, 11) is 0. The van der Waals surface area contributed by atoms with Crippen molar-refractivity contribution in [3.8, 4) is 5.75 Å². The van der Waals surface area contributed by atoms with Crippen molar-refractivity contribution in [1.29, 1.82) is 0 Å². The van der Waals surface area contributed by atoms with Gasteiger partial charge in [0.2, 0.25) is 11.6 Å². The van der Waals surface area contributed by atoms with Crippen LogP contribution < -0.4 is 4.74 Å². The molecule has 3 aliphatic rings. The Kier molecular flexibility index (Phi) is 3.78. The highest BCUT2D eigenvalue weighted by molar-refractivity contribution is 6.47. The maximum atomic E-state index is 12.6. The molecular formula is C19H21NO5. The molecule has 1 saturated carbocycles. The van der Waals surface area contributed by atoms with E-state index in [1.165, 1.54) is 0 Å². The number of carbonyl (C=O) groups is 3. The number of nitrogens with zero attached hydrogens (tertiary/aromatic N) is 1. The number of rotatable bonds is 2. The number of amides is 1. The van der Waals surface area contributed by atoms with E-state index in [0.29, 0.717) is 49.8 Å². The number of benzene rings is 1. The summed E-state index contributed by atoms with van der Waals surface area (Å²) in [6, 6.07) is 5.23. The van der Waals surface area contributed by atoms with E-state index in [1.54, 1.807) is 23.1 Å². The monoisotopic (exact) mass is 343 g/mol. The van der Waals surface area contributed by atoms with Gasteiger partial charge in [-0.05, 0) is 43.4 Å². The summed E-state index contributed by atoms with van der Waals surface area (Å²) in [5, 5.41) is 0. The third kappa shape index (κ3) is 2.90. The Labute approximate surface area is 146 Å². The van der Waals surface area contributed by atoms with E-state index < -0.39 is 17.2 Å². The van der Waals surface area contributed by atoms with Gasteiger partial charge in [0, 0.05) is 25.9 Å². The molecule has 25 heavy (non-hydrogen) atoms. The number of piperidine rings is 1. The number of fused-ring (bicyclic) bond motifs is 1. The van der Waals surface area contributed by atoms with Crippen molar-refractivity contribution in [3.63, 3.8) is 0 Å². The van der Waals surface area contributed by atoms with E-state index >= 15 is 0 Å². The zero-order valence-electron chi connectivity index (χ0n) is 14.2. The summed E-state index contributed by atoms with van der Waals surface area (Å²) in [5.41, 5.74) is 0.148. The number of carbonyl (C=O) groups excluding carboxylic acids is 3. The molecule has 0 N–H and O–H groups in total. The first-order valence-corrected chi connectivity index (χ1v) is 8.79. The van der Waals surface area contributed by atoms with E-state index in [2.05, 4.69) is 0 Å². The van der Waals surface area contributed by atoms with Crippen LogP contribution in [0.3, 0.4) is 0 Å². The van der Waals surface area contributed by atoms with Gasteiger partial charge in [0.15, 0.2) is 5.60 Å². The summed E-state index contributed by atoms with van der Waals surface area (Å²) in [5.74, 6) is -0.0177. The van der Waals surface area contributed by atoms with Gasteiger partial charge >= 0.3 is 6.09 Å². The molecule has 0 atom stereocenters. The van der Waals surface area contributed by atoms with Crippen LogP contribution in [0.25, 0.3) is 0 Å². The van der Waals surface area contributed by atoms with Crippen molar-refractivity contribution in [2.45, 2.75) is 38.2 Å². The third-order valence-electron chi connectivity index (χ3n) is 5.28. The molecule has 0 unspecified atom stereocenters. The average molecular weight is 343 g/mol. The molecule has 132 valence electrons. The first-order chi connectivity index (χ1) is 12.0. The molecule has 6 nitrogen and oxygen atoms in total. The van der Waals surface area contributed by atoms with Gasteiger partial charge in [-0.2, -0.15) is 0 Å². The lowest BCUT2D eigenvalue weighted by atomic mass is 9.81. The molecule has 1 amide bonds. The zero-order valence-corrected chi connectivity index (χ0v) is 14.2. The molecule has 1 aromatic carbocycles. The van der Waals surface area contributed by atoms with E-state index in [0.717, 1.165) is 18.4 Å². The van der Waals surface area contributed by atoms with Gasteiger partial charge in [-0.25, -0.2) is 4.79 Å². The van der Waals surface area contributed by atoms with Crippen LogP contribution in [0.15, 0.2) is 18.2 Å². The number of Topliss-reactive ketones (excluding diaryl/α,β-unsaturated/α-hetero) is 2. The Morgan fingerprint density at radius 2 is 2.00 bits per heavy atom. The number of hydrogen-bond acceptors (Lipinski definition) is 5. The second-order valence-corrected chi connectivity index (χ2v) is 7.26. The summed E-state index contributed by atoms with van der Waals surface area (Å²) in [4.78, 5) is 38.8. The summed E-state index contributed by atoms with van der Waals surface area (Å²) >= 11 is 0. The van der Waals surface area contributed by atoms with Gasteiger partial charge in [0.1, 0.15) is 5.75 Å². The van der Waals surface area contributed by atoms with E-state index in [4.69, 9.17) is 9.47 Å². The van der Waals surface area contributed by atoms with Crippen LogP contribution in [0.4, 0.5) is 4.79 Å². The van der Waals surface area contributed by atoms with Crippen LogP contribution in [-0.4, -0.2) is 47.9 Å². The molecular weight excluding hydrogens is 322 g/mol. The lowest BCUT2D eigenvalue weighted by molar-refractivity contribution is -0.134. The summed E-state index contributed by atoms with van der Waals surface area (Å²) in [6.45, 7) is 3.09. The van der Waals surface area contributed by atoms with Crippen molar-refractivity contribution < 1.29 is 23.9 Å². The first-order valence-electron chi connectivity index (χ1n) is 8.79. The summed E-state index contributed by atoms with van der Waals surface area (Å²) in [6.07, 6.45) is 2.53. The lowest BCUT2D eigenvalue weighted by Gasteiger charge is -2.42. The van der Waals surface area contributed by atoms with E-state index in [1.807, 2.05) is 6.92 Å². The summed E-state index contributed by atoms with van der Waals surface area (Å²) < 4.78 is 11.3. The van der Waals surface area contributed by atoms with Crippen molar-refractivity contribution in [2.24, 2.45) is 5.92 Å². The highest BCUT2D eigenvalue weighted by atomic mass is 16.6. The molecule has 0 aromatic heterocycles. The standard InChI is InChI=1S/C19H21NO5/c1-12-2-5-14-15(10-12)25-19(17(22)16(14)21)6-8-20(9-7-19)18(23)24-11-13-3-4-13/h2,5,10,13H,3-4,6-9,11H2,1H3. The fraction of sp³-hybridized carbons (Fsp3) is 0.526. The molecule has 2 heterocycles. The van der Waals surface area contributed by atoms with Gasteiger partial charge in [-0.15, -0.1) is 0 Å². The third-order valence-corrected chi connectivity index (χ3v) is 5.28. The Morgan fingerprint density at radius 1 is 1.28 bits per heavy atom. The second-order valence-electron chi connectivity index (χ2n) is 7.26. The molecule has 1 aliphatic carbocycles. The molecule has 2 fully saturated rings. The van der Waals surface area contributed by atoms with Gasteiger partial charge in [-0.1, -0.05) is 6.07 Å². The maximum Gasteiger partial charge on any atom is 0.409 e. The minimum Gasteiger partial charge on any atom is -0.478 e. The number of hydrogen-bond donors (Lipinski definition) is 0. The van der Waals surface area contributed by atoms with E-state index in [-0.39, 0.29) is 6.09 Å². The van der Waals surface area contributed by atoms with Gasteiger partial charge in [0.05, 0.1) is 12.2 Å². The van der Waals surface area contributed by atoms with Gasteiger partial charge in [0.25, 0.3) is 0 Å². The number of aryl methyl sites for hydroxylation is 1. The second kappa shape index (κ2) is 5.86. The van der Waals surface area contributed by atoms with Crippen LogP contribution in [0, 0.1) is 12.8 Å². The molecule has 1 saturated heterocycles. The molecule has 4 rings (SSSR count). The molecule has 0 bridgehead atoms. The molecule has 1 spiro atoms. The maximum absolute atomic E-state index is 12.6. The van der Waals surface area contributed by atoms with Crippen LogP contribution in [0.1, 0.15) is 41.6 Å². The number of ketones is 2. The van der Waals surface area contributed by atoms with Gasteiger partial charge < -0.3 is 14.4 Å². The van der Waals surface area contributed by atoms with Crippen LogP contribution in [0.5, 0.6) is 5.75 Å². The molecule has 6 heteroatoms. The lowest BCUT2D eigenvalue weighted by Crippen LogP contribution is -2.58. The molecule has 0 radical (unpaired) electrons. The van der Waals surface area contributed by atoms with E-state index in [9.17, 15) is 14.4 Å². The predicted octanol–water partition coefficient (Wildman–Crippen LogP) is 2.52. The fourth-order valence-electron chi connectivity index (χ4n) is 3.43.